The van der Waals surface area contributed by atoms with Gasteiger partial charge in [0, 0.05) is 20.8 Å². The second-order valence-electron chi connectivity index (χ2n) is 1.82. The fourth-order valence-electron chi connectivity index (χ4n) is 0.465. The van der Waals surface area contributed by atoms with Crippen LogP contribution in [0.1, 0.15) is 6.42 Å². The molecule has 0 aromatic rings. The smallest absolute Gasteiger partial charge is 0.365 e. The van der Waals surface area contributed by atoms with Gasteiger partial charge in [-0.1, -0.05) is 17.2 Å². The number of rotatable bonds is 6. The first-order valence-electron chi connectivity index (χ1n) is 3.22. The Morgan fingerprint density at radius 2 is 2.00 bits per heavy atom. The first kappa shape index (κ1) is 11.1. The summed E-state index contributed by atoms with van der Waals surface area (Å²) < 4.78 is 14.9. The van der Waals surface area contributed by atoms with Crippen molar-refractivity contribution in [2.45, 2.75) is 6.42 Å². The lowest BCUT2D eigenvalue weighted by atomic mass is 10.5. The molecule has 0 N–H and O–H groups in total. The van der Waals surface area contributed by atoms with E-state index >= 15 is 0 Å². The van der Waals surface area contributed by atoms with Crippen molar-refractivity contribution < 1.29 is 13.3 Å². The lowest BCUT2D eigenvalue weighted by Gasteiger charge is -2.17. The summed E-state index contributed by atoms with van der Waals surface area (Å²) in [6.45, 7) is 4.03. The Balaban J connectivity index is 3.59. The fraction of sp³-hybridized carbons (Fsp3) is 0.667. The molecule has 0 amide bonds. The highest BCUT2D eigenvalue weighted by atomic mass is 35.6. The van der Waals surface area contributed by atoms with Gasteiger partial charge in [-0.2, -0.15) is 0 Å². The van der Waals surface area contributed by atoms with E-state index in [2.05, 4.69) is 6.58 Å². The molecule has 66 valence electrons. The Kier molecular flexibility index (Phi) is 5.80. The highest BCUT2D eigenvalue weighted by molar-refractivity contribution is 7.09. The third-order valence-corrected chi connectivity index (χ3v) is 3.86. The van der Waals surface area contributed by atoms with Crippen molar-refractivity contribution in [1.82, 2.24) is 0 Å². The molecule has 0 saturated heterocycles. The summed E-state index contributed by atoms with van der Waals surface area (Å²) in [5, 5.41) is 0. The summed E-state index contributed by atoms with van der Waals surface area (Å²) in [6, 6.07) is 0. The third-order valence-electron chi connectivity index (χ3n) is 1.08. The zero-order valence-electron chi connectivity index (χ0n) is 6.80. The van der Waals surface area contributed by atoms with E-state index in [1.165, 1.54) is 14.2 Å². The molecule has 0 bridgehead atoms. The minimum Gasteiger partial charge on any atom is -0.365 e. The average Bonchev–Trinajstić information content (AvgIpc) is 2.05. The molecule has 0 atom stereocenters. The third kappa shape index (κ3) is 4.55. The molecule has 0 aliphatic heterocycles. The highest BCUT2D eigenvalue weighted by Gasteiger charge is 2.36. The molecule has 0 spiro atoms. The summed E-state index contributed by atoms with van der Waals surface area (Å²) in [6.07, 6.45) is 2.49. The number of hydrogen-bond acceptors (Lipinski definition) is 3. The second-order valence-corrected chi connectivity index (χ2v) is 5.27. The summed E-state index contributed by atoms with van der Waals surface area (Å²) >= 11 is 5.78. The van der Waals surface area contributed by atoms with Crippen molar-refractivity contribution in [2.75, 3.05) is 20.8 Å². The van der Waals surface area contributed by atoms with Crippen LogP contribution in [0.5, 0.6) is 0 Å². The number of hydrogen-bond donors (Lipinski definition) is 0. The Morgan fingerprint density at radius 1 is 1.45 bits per heavy atom. The van der Waals surface area contributed by atoms with Crippen LogP contribution >= 0.6 is 11.1 Å². The van der Waals surface area contributed by atoms with Crippen LogP contribution in [0, 0.1) is 0 Å². The molecule has 0 radical (unpaired) electrons. The van der Waals surface area contributed by atoms with E-state index in [0.29, 0.717) is 6.61 Å². The van der Waals surface area contributed by atoms with Gasteiger partial charge in [-0.15, -0.1) is 6.58 Å². The Hall–Kier alpha value is 0.127. The monoisotopic (exact) mass is 196 g/mol. The first-order valence-corrected chi connectivity index (χ1v) is 5.96. The molecular formula is C6H13ClO3Si. The molecule has 0 rings (SSSR count). The molecule has 0 aromatic heterocycles. The first-order chi connectivity index (χ1) is 5.18. The Bertz CT molecular complexity index is 116. The van der Waals surface area contributed by atoms with Crippen LogP contribution in [0.15, 0.2) is 12.7 Å². The summed E-state index contributed by atoms with van der Waals surface area (Å²) in [4.78, 5) is 0. The molecule has 0 fully saturated rings. The van der Waals surface area contributed by atoms with Gasteiger partial charge in [0.2, 0.25) is 0 Å². The van der Waals surface area contributed by atoms with Crippen molar-refractivity contribution in [3.05, 3.63) is 12.7 Å². The molecule has 0 heterocycles. The zero-order valence-corrected chi connectivity index (χ0v) is 8.56. The van der Waals surface area contributed by atoms with Gasteiger partial charge >= 0.3 is 8.11 Å². The summed E-state index contributed by atoms with van der Waals surface area (Å²) in [5.41, 5.74) is 0. The fourth-order valence-corrected chi connectivity index (χ4v) is 1.46. The lowest BCUT2D eigenvalue weighted by molar-refractivity contribution is 0.124. The van der Waals surface area contributed by atoms with Crippen LogP contribution in [0.4, 0.5) is 0 Å². The largest absolute Gasteiger partial charge is 0.612 e. The molecule has 3 nitrogen and oxygen atoms in total. The molecule has 0 unspecified atom stereocenters. The van der Waals surface area contributed by atoms with Crippen LogP contribution in [-0.4, -0.2) is 28.9 Å². The summed E-state index contributed by atoms with van der Waals surface area (Å²) in [7, 11) is 0.128. The van der Waals surface area contributed by atoms with Gasteiger partial charge in [-0.25, -0.2) is 0 Å². The highest BCUT2D eigenvalue weighted by Crippen LogP contribution is 2.12. The molecule has 0 aromatic carbocycles. The van der Waals surface area contributed by atoms with E-state index in [4.69, 9.17) is 24.4 Å². The Labute approximate surface area is 73.0 Å². The maximum Gasteiger partial charge on any atom is 0.612 e. The standard InChI is InChI=1S/C6H13ClO3Si/c1-4-5-6-10-11(7,8-2)9-3/h4H,1,5-6H2,2-3H3. The zero-order chi connectivity index (χ0) is 8.74. The topological polar surface area (TPSA) is 27.7 Å². The van der Waals surface area contributed by atoms with Gasteiger partial charge in [0.05, 0.1) is 0 Å². The van der Waals surface area contributed by atoms with Crippen molar-refractivity contribution in [2.24, 2.45) is 0 Å². The van der Waals surface area contributed by atoms with Crippen LogP contribution in [0.25, 0.3) is 0 Å². The van der Waals surface area contributed by atoms with Gasteiger partial charge < -0.3 is 13.3 Å². The van der Waals surface area contributed by atoms with E-state index in [1.807, 2.05) is 0 Å². The molecular weight excluding hydrogens is 184 g/mol. The van der Waals surface area contributed by atoms with Crippen LogP contribution < -0.4 is 0 Å². The number of halogens is 1. The van der Waals surface area contributed by atoms with Gasteiger partial charge in [-0.3, -0.25) is 0 Å². The predicted molar refractivity (Wildman–Crippen MR) is 46.4 cm³/mol. The van der Waals surface area contributed by atoms with E-state index in [9.17, 15) is 0 Å². The van der Waals surface area contributed by atoms with Gasteiger partial charge in [-0.05, 0) is 6.42 Å². The van der Waals surface area contributed by atoms with E-state index < -0.39 is 8.11 Å². The Morgan fingerprint density at radius 3 is 2.36 bits per heavy atom. The van der Waals surface area contributed by atoms with Crippen LogP contribution in [0.2, 0.25) is 0 Å². The quantitative estimate of drug-likeness (QED) is 0.279. The van der Waals surface area contributed by atoms with Gasteiger partial charge in [0.15, 0.2) is 0 Å². The molecule has 0 saturated carbocycles. The summed E-state index contributed by atoms with van der Waals surface area (Å²) in [5.74, 6) is 0. The minimum atomic E-state index is -2.81. The molecule has 5 heteroatoms. The molecule has 0 aliphatic rings. The van der Waals surface area contributed by atoms with Crippen LogP contribution in [0.3, 0.4) is 0 Å². The second kappa shape index (κ2) is 5.74. The maximum absolute atomic E-state index is 5.78. The van der Waals surface area contributed by atoms with Crippen molar-refractivity contribution in [3.63, 3.8) is 0 Å². The minimum absolute atomic E-state index is 0.487. The van der Waals surface area contributed by atoms with Crippen LogP contribution in [-0.2, 0) is 13.3 Å². The van der Waals surface area contributed by atoms with Crippen molar-refractivity contribution >= 4 is 19.2 Å². The average molecular weight is 197 g/mol. The van der Waals surface area contributed by atoms with Crippen molar-refractivity contribution in [1.29, 1.82) is 0 Å². The van der Waals surface area contributed by atoms with Gasteiger partial charge in [0.25, 0.3) is 0 Å². The predicted octanol–water partition coefficient (Wildman–Crippen LogP) is 1.55. The normalized spacial score (nSPS) is 11.5. The SMILES string of the molecule is C=CCCO[Si](Cl)(OC)OC. The lowest BCUT2D eigenvalue weighted by Crippen LogP contribution is -2.37. The molecule has 11 heavy (non-hydrogen) atoms. The van der Waals surface area contributed by atoms with E-state index in [-0.39, 0.29) is 0 Å². The van der Waals surface area contributed by atoms with E-state index in [0.717, 1.165) is 6.42 Å². The van der Waals surface area contributed by atoms with Gasteiger partial charge in [0.1, 0.15) is 0 Å². The van der Waals surface area contributed by atoms with Crippen molar-refractivity contribution in [3.8, 4) is 0 Å². The van der Waals surface area contributed by atoms with E-state index in [1.54, 1.807) is 6.08 Å². The molecule has 0 aliphatic carbocycles. The maximum atomic E-state index is 5.78.